The van der Waals surface area contributed by atoms with Gasteiger partial charge in [0.1, 0.15) is 0 Å². The first-order valence-corrected chi connectivity index (χ1v) is 10.2. The van der Waals surface area contributed by atoms with Crippen LogP contribution >= 0.6 is 0 Å². The van der Waals surface area contributed by atoms with Gasteiger partial charge in [-0.2, -0.15) is 0 Å². The first kappa shape index (κ1) is 18.4. The standard InChI is InChI=1S/C23H23N5O2/c1-13-6-5-11-28(13)23(30)14-7-4-8-15-18(12-14)26-20(19(15)24)21-22(29)27-17-10-3-2-9-16(17)25-21/h2-4,7,9-10,12-13,26H,5-6,8,11,24H2,1H3,(H,27,29). The zero-order valence-corrected chi connectivity index (χ0v) is 16.7. The highest BCUT2D eigenvalue weighted by atomic mass is 16.2. The van der Waals surface area contributed by atoms with Crippen molar-refractivity contribution in [3.63, 3.8) is 0 Å². The Morgan fingerprint density at radius 2 is 2.10 bits per heavy atom. The number of nitrogens with zero attached hydrogens (tertiary/aromatic N) is 2. The summed E-state index contributed by atoms with van der Waals surface area (Å²) in [5.74, 6) is 0.0282. The van der Waals surface area contributed by atoms with E-state index in [1.165, 1.54) is 0 Å². The summed E-state index contributed by atoms with van der Waals surface area (Å²) in [7, 11) is 0. The number of nitrogen functional groups attached to an aromatic ring is 1. The van der Waals surface area contributed by atoms with Gasteiger partial charge in [0.05, 0.1) is 22.4 Å². The fraction of sp³-hybridized carbons (Fsp3) is 0.261. The highest BCUT2D eigenvalue weighted by Crippen LogP contribution is 2.33. The third-order valence-electron chi connectivity index (χ3n) is 6.00. The third-order valence-corrected chi connectivity index (χ3v) is 6.00. The Morgan fingerprint density at radius 3 is 2.90 bits per heavy atom. The number of allylic oxidation sites excluding steroid dienone is 1. The predicted molar refractivity (Wildman–Crippen MR) is 118 cm³/mol. The summed E-state index contributed by atoms with van der Waals surface area (Å²) in [6.07, 6.45) is 8.28. The average Bonchev–Trinajstić information content (AvgIpc) is 3.22. The van der Waals surface area contributed by atoms with E-state index in [-0.39, 0.29) is 23.2 Å². The van der Waals surface area contributed by atoms with E-state index in [9.17, 15) is 9.59 Å². The molecule has 7 heteroatoms. The first-order valence-electron chi connectivity index (χ1n) is 10.2. The minimum absolute atomic E-state index is 0.0282. The van der Waals surface area contributed by atoms with Crippen LogP contribution in [0.3, 0.4) is 0 Å². The Bertz CT molecular complexity index is 1280. The summed E-state index contributed by atoms with van der Waals surface area (Å²) in [5, 5.41) is 0. The lowest BCUT2D eigenvalue weighted by Crippen LogP contribution is -2.34. The van der Waals surface area contributed by atoms with Crippen LogP contribution in [-0.2, 0) is 11.2 Å². The number of nitrogens with two attached hydrogens (primary N) is 1. The first-order chi connectivity index (χ1) is 14.5. The van der Waals surface area contributed by atoms with E-state index >= 15 is 0 Å². The van der Waals surface area contributed by atoms with Crippen LogP contribution in [0.4, 0.5) is 5.69 Å². The van der Waals surface area contributed by atoms with E-state index < -0.39 is 0 Å². The lowest BCUT2D eigenvalue weighted by molar-refractivity contribution is -0.127. The van der Waals surface area contributed by atoms with Gasteiger partial charge in [0, 0.05) is 29.4 Å². The van der Waals surface area contributed by atoms with Crippen molar-refractivity contribution in [2.24, 2.45) is 0 Å². The van der Waals surface area contributed by atoms with Crippen molar-refractivity contribution in [1.82, 2.24) is 19.9 Å². The molecule has 1 unspecified atom stereocenters. The van der Waals surface area contributed by atoms with E-state index in [4.69, 9.17) is 5.73 Å². The molecule has 1 atom stereocenters. The second kappa shape index (κ2) is 7.02. The van der Waals surface area contributed by atoms with Crippen LogP contribution < -0.4 is 11.3 Å². The van der Waals surface area contributed by atoms with E-state index in [0.717, 1.165) is 30.6 Å². The minimum Gasteiger partial charge on any atom is -0.397 e. The molecule has 0 spiro atoms. The molecule has 1 aliphatic heterocycles. The zero-order chi connectivity index (χ0) is 20.8. The number of aromatic nitrogens is 3. The Balaban J connectivity index is 1.59. The maximum atomic E-state index is 13.0. The fourth-order valence-corrected chi connectivity index (χ4v) is 4.34. The van der Waals surface area contributed by atoms with Gasteiger partial charge in [-0.25, -0.2) is 4.98 Å². The largest absolute Gasteiger partial charge is 0.397 e. The van der Waals surface area contributed by atoms with Gasteiger partial charge in [-0.3, -0.25) is 9.59 Å². The van der Waals surface area contributed by atoms with Crippen LogP contribution in [0.2, 0.25) is 0 Å². The van der Waals surface area contributed by atoms with Gasteiger partial charge in [0.15, 0.2) is 5.69 Å². The number of rotatable bonds is 2. The molecule has 1 aromatic carbocycles. The lowest BCUT2D eigenvalue weighted by atomic mass is 10.1. The van der Waals surface area contributed by atoms with Gasteiger partial charge in [-0.05, 0) is 44.4 Å². The van der Waals surface area contributed by atoms with Crippen LogP contribution in [0, 0.1) is 0 Å². The van der Waals surface area contributed by atoms with Crippen molar-refractivity contribution < 1.29 is 4.79 Å². The van der Waals surface area contributed by atoms with Gasteiger partial charge in [-0.1, -0.05) is 24.3 Å². The molecule has 5 rings (SSSR count). The highest BCUT2D eigenvalue weighted by molar-refractivity contribution is 6.01. The number of aromatic amines is 2. The molecule has 7 nitrogen and oxygen atoms in total. The molecule has 0 radical (unpaired) electrons. The number of likely N-dealkylation sites (tertiary alicyclic amines) is 1. The van der Waals surface area contributed by atoms with E-state index in [2.05, 4.69) is 21.9 Å². The van der Waals surface area contributed by atoms with E-state index in [1.807, 2.05) is 47.4 Å². The molecule has 1 amide bonds. The molecule has 2 aliphatic rings. The number of H-pyrrole nitrogens is 2. The molecular formula is C23H23N5O2. The van der Waals surface area contributed by atoms with Crippen molar-refractivity contribution in [3.05, 3.63) is 63.6 Å². The van der Waals surface area contributed by atoms with Crippen LogP contribution in [-0.4, -0.2) is 38.3 Å². The Labute approximate surface area is 173 Å². The summed E-state index contributed by atoms with van der Waals surface area (Å²) in [6, 6.07) is 7.62. The van der Waals surface area contributed by atoms with E-state index in [0.29, 0.717) is 34.4 Å². The van der Waals surface area contributed by atoms with Gasteiger partial charge in [-0.15, -0.1) is 0 Å². The number of para-hydroxylation sites is 2. The van der Waals surface area contributed by atoms with Crippen LogP contribution in [0.15, 0.2) is 46.8 Å². The van der Waals surface area contributed by atoms with Crippen molar-refractivity contribution in [2.75, 3.05) is 12.3 Å². The molecule has 2 aromatic heterocycles. The number of fused-ring (bicyclic) bond motifs is 2. The second-order valence-corrected chi connectivity index (χ2v) is 7.93. The molecule has 0 bridgehead atoms. The average molecular weight is 401 g/mol. The van der Waals surface area contributed by atoms with Crippen LogP contribution in [0.1, 0.15) is 31.0 Å². The molecule has 1 aliphatic carbocycles. The minimum atomic E-state index is -0.307. The van der Waals surface area contributed by atoms with Gasteiger partial charge in [0.25, 0.3) is 11.5 Å². The van der Waals surface area contributed by atoms with Crippen molar-refractivity contribution in [1.29, 1.82) is 0 Å². The third kappa shape index (κ3) is 2.94. The summed E-state index contributed by atoms with van der Waals surface area (Å²) in [6.45, 7) is 2.87. The summed E-state index contributed by atoms with van der Waals surface area (Å²) in [5.41, 5.74) is 10.9. The maximum Gasteiger partial charge on any atom is 0.276 e. The second-order valence-electron chi connectivity index (χ2n) is 7.93. The topological polar surface area (TPSA) is 108 Å². The number of carbonyl (C=O) groups excluding carboxylic acids is 1. The number of anilines is 1. The number of hydrogen-bond acceptors (Lipinski definition) is 4. The smallest absolute Gasteiger partial charge is 0.276 e. The molecule has 1 saturated heterocycles. The monoisotopic (exact) mass is 401 g/mol. The molecule has 3 aromatic rings. The van der Waals surface area contributed by atoms with Gasteiger partial charge >= 0.3 is 0 Å². The molecule has 0 saturated carbocycles. The Morgan fingerprint density at radius 1 is 1.27 bits per heavy atom. The van der Waals surface area contributed by atoms with Crippen LogP contribution in [0.25, 0.3) is 28.5 Å². The number of carbonyl (C=O) groups is 1. The van der Waals surface area contributed by atoms with E-state index in [1.54, 1.807) is 0 Å². The highest BCUT2D eigenvalue weighted by Gasteiger charge is 2.28. The van der Waals surface area contributed by atoms with Crippen molar-refractivity contribution >= 4 is 28.7 Å². The fourth-order valence-electron chi connectivity index (χ4n) is 4.34. The maximum absolute atomic E-state index is 13.0. The zero-order valence-electron chi connectivity index (χ0n) is 16.7. The molecule has 152 valence electrons. The lowest BCUT2D eigenvalue weighted by Gasteiger charge is -2.21. The Hall–Kier alpha value is -3.61. The number of hydrogen-bond donors (Lipinski definition) is 3. The number of amides is 1. The molecule has 4 N–H and O–H groups in total. The summed E-state index contributed by atoms with van der Waals surface area (Å²) >= 11 is 0. The van der Waals surface area contributed by atoms with Crippen LogP contribution in [0.5, 0.6) is 0 Å². The normalized spacial score (nSPS) is 18.4. The molecule has 3 heterocycles. The molecule has 30 heavy (non-hydrogen) atoms. The quantitative estimate of drug-likeness (QED) is 0.613. The SMILES string of the molecule is CC1CCCN1C(=O)C1=Cc2[nH]c(-c3nc4ccccc4[nH]c3=O)c(N)c2CC=C1. The number of benzene rings is 1. The summed E-state index contributed by atoms with van der Waals surface area (Å²) < 4.78 is 0. The van der Waals surface area contributed by atoms with Crippen molar-refractivity contribution in [3.8, 4) is 11.4 Å². The van der Waals surface area contributed by atoms with Gasteiger partial charge < -0.3 is 20.6 Å². The van der Waals surface area contributed by atoms with Gasteiger partial charge in [0.2, 0.25) is 0 Å². The summed E-state index contributed by atoms with van der Waals surface area (Å²) in [4.78, 5) is 38.3. The van der Waals surface area contributed by atoms with Crippen molar-refractivity contribution in [2.45, 2.75) is 32.2 Å². The molecular weight excluding hydrogens is 378 g/mol. The predicted octanol–water partition coefficient (Wildman–Crippen LogP) is 3.01. The Kier molecular flexibility index (Phi) is 4.31. The number of nitrogens with one attached hydrogen (secondary N) is 2. The molecule has 1 fully saturated rings.